The Labute approximate surface area is 369 Å². The molecule has 1 unspecified atom stereocenters. The van der Waals surface area contributed by atoms with E-state index in [-0.39, 0.29) is 70.8 Å². The van der Waals surface area contributed by atoms with Gasteiger partial charge < -0.3 is 51.2 Å². The van der Waals surface area contributed by atoms with Crippen LogP contribution in [-0.4, -0.2) is 126 Å². The highest BCUT2D eigenvalue weighted by atomic mass is 31.0. The fraction of sp³-hybridized carbons (Fsp3) is 0.810. The maximum absolute atomic E-state index is 12.3. The van der Waals surface area contributed by atoms with Gasteiger partial charge in [-0.3, -0.25) is 33.9 Å². The lowest BCUT2D eigenvalue weighted by atomic mass is 10.0. The number of carboxylic acid groups (broad SMARTS) is 4. The number of nitrogens with one attached hydrogen (secondary N) is 5. The normalized spacial score (nSPS) is 12.5. The average molecular weight is 906 g/mol. The third-order valence-corrected chi connectivity index (χ3v) is 10.4. The summed E-state index contributed by atoms with van der Waals surface area (Å²) in [6.07, 6.45) is 19.1. The number of rotatable bonds is 44. The van der Waals surface area contributed by atoms with E-state index in [9.17, 15) is 48.6 Å². The van der Waals surface area contributed by atoms with E-state index in [1.54, 1.807) is 0 Å². The van der Waals surface area contributed by atoms with Gasteiger partial charge >= 0.3 is 23.9 Å². The third-order valence-electron chi connectivity index (χ3n) is 10.0. The molecule has 358 valence electrons. The molecule has 9 N–H and O–H groups in total. The SMILES string of the molecule is O=C(O)CCCCCCCCCCCCCCCCCCC(=O)N[C@@H](CCC(=O)NCCOCCOCC(=O)N[C@@H](CCC(=O)NCCCC[C@H](NP)C(=O)O)C(=O)O)C(=O)O. The van der Waals surface area contributed by atoms with Crippen molar-refractivity contribution in [2.75, 3.05) is 39.5 Å². The summed E-state index contributed by atoms with van der Waals surface area (Å²) >= 11 is 0. The van der Waals surface area contributed by atoms with Gasteiger partial charge in [0, 0.05) is 38.8 Å². The molecule has 62 heavy (non-hydrogen) atoms. The van der Waals surface area contributed by atoms with Crippen LogP contribution in [0.25, 0.3) is 0 Å². The zero-order valence-electron chi connectivity index (χ0n) is 36.6. The van der Waals surface area contributed by atoms with E-state index in [2.05, 4.69) is 35.7 Å². The number of ether oxygens (including phenoxy) is 2. The molecule has 4 atom stereocenters. The van der Waals surface area contributed by atoms with Crippen molar-refractivity contribution in [2.45, 2.75) is 179 Å². The molecule has 0 fully saturated rings. The third kappa shape index (κ3) is 36.7. The number of amides is 4. The van der Waals surface area contributed by atoms with E-state index in [1.807, 2.05) is 0 Å². The molecule has 0 radical (unpaired) electrons. The number of hydrogen-bond acceptors (Lipinski definition) is 11. The summed E-state index contributed by atoms with van der Waals surface area (Å²) in [7, 11) is 2.16. The first-order chi connectivity index (χ1) is 29.8. The van der Waals surface area contributed by atoms with Crippen molar-refractivity contribution in [3.05, 3.63) is 0 Å². The molecule has 0 aromatic rings. The molecule has 0 spiro atoms. The number of hydrogen-bond donors (Lipinski definition) is 9. The molecule has 0 aromatic heterocycles. The monoisotopic (exact) mass is 906 g/mol. The second-order valence-electron chi connectivity index (χ2n) is 15.5. The van der Waals surface area contributed by atoms with Crippen LogP contribution in [0, 0.1) is 0 Å². The van der Waals surface area contributed by atoms with E-state index < -0.39 is 66.3 Å². The van der Waals surface area contributed by atoms with Gasteiger partial charge in [-0.05, 0) is 44.9 Å². The molecule has 0 aliphatic heterocycles. The standard InChI is InChI=1S/C42H76N5O14P/c48-35(43-26-18-17-19-34(47-62)42(58)59)24-23-33(41(56)57)46-38(51)31-61-30-29-60-28-27-44-36(49)25-22-32(40(54)55)45-37(50)20-15-13-11-9-7-5-3-1-2-4-6-8-10-12-14-16-21-39(52)53/h32-34,47H,1-31,62H2,(H,43,48)(H,44,49)(H,45,50)(H,46,51)(H,52,53)(H,54,55)(H,56,57)(H,58,59)/t32-,33-,34-/m0/s1. The maximum atomic E-state index is 12.3. The predicted molar refractivity (Wildman–Crippen MR) is 234 cm³/mol. The van der Waals surface area contributed by atoms with Gasteiger partial charge in [-0.25, -0.2) is 9.59 Å². The number of carbonyl (C=O) groups excluding carboxylic acids is 4. The Morgan fingerprint density at radius 2 is 0.823 bits per heavy atom. The van der Waals surface area contributed by atoms with Crippen molar-refractivity contribution in [1.82, 2.24) is 26.4 Å². The van der Waals surface area contributed by atoms with Crippen molar-refractivity contribution >= 4 is 56.9 Å². The Bertz CT molecular complexity index is 1290. The summed E-state index contributed by atoms with van der Waals surface area (Å²) in [6, 6.07) is -3.18. The molecule has 0 saturated carbocycles. The molecule has 4 amide bonds. The Morgan fingerprint density at radius 1 is 0.403 bits per heavy atom. The molecule has 0 aliphatic rings. The summed E-state index contributed by atoms with van der Waals surface area (Å²) in [4.78, 5) is 93.5. The predicted octanol–water partition coefficient (Wildman–Crippen LogP) is 4.06. The minimum absolute atomic E-state index is 0.00580. The summed E-state index contributed by atoms with van der Waals surface area (Å²) in [5.41, 5.74) is 0. The van der Waals surface area contributed by atoms with E-state index in [1.165, 1.54) is 57.8 Å². The van der Waals surface area contributed by atoms with Crippen molar-refractivity contribution in [1.29, 1.82) is 0 Å². The highest BCUT2D eigenvalue weighted by Gasteiger charge is 2.22. The minimum Gasteiger partial charge on any atom is -0.481 e. The first-order valence-corrected chi connectivity index (χ1v) is 23.0. The zero-order valence-corrected chi connectivity index (χ0v) is 37.8. The molecular formula is C42H76N5O14P. The van der Waals surface area contributed by atoms with Gasteiger partial charge in [0.2, 0.25) is 23.6 Å². The summed E-state index contributed by atoms with van der Waals surface area (Å²) in [5.74, 6) is -6.05. The quantitative estimate of drug-likeness (QED) is 0.0308. The number of carbonyl (C=O) groups is 8. The van der Waals surface area contributed by atoms with Gasteiger partial charge in [-0.2, -0.15) is 0 Å². The lowest BCUT2D eigenvalue weighted by Crippen LogP contribution is -2.43. The van der Waals surface area contributed by atoms with Crippen molar-refractivity contribution < 1.29 is 68.3 Å². The Balaban J connectivity index is 3.89. The smallest absolute Gasteiger partial charge is 0.326 e. The van der Waals surface area contributed by atoms with Crippen LogP contribution >= 0.6 is 9.39 Å². The van der Waals surface area contributed by atoms with Crippen LogP contribution in [0.2, 0.25) is 0 Å². The minimum atomic E-state index is -1.31. The van der Waals surface area contributed by atoms with Gasteiger partial charge in [-0.1, -0.05) is 99.3 Å². The van der Waals surface area contributed by atoms with Crippen molar-refractivity contribution in [3.8, 4) is 0 Å². The van der Waals surface area contributed by atoms with Crippen LogP contribution in [0.15, 0.2) is 0 Å². The largest absolute Gasteiger partial charge is 0.481 e. The second kappa shape index (κ2) is 39.9. The summed E-state index contributed by atoms with van der Waals surface area (Å²) in [5, 5.41) is 49.3. The first kappa shape index (κ1) is 58.1. The summed E-state index contributed by atoms with van der Waals surface area (Å²) < 4.78 is 10.6. The van der Waals surface area contributed by atoms with E-state index >= 15 is 0 Å². The second-order valence-corrected chi connectivity index (χ2v) is 15.8. The van der Waals surface area contributed by atoms with Gasteiger partial charge in [0.1, 0.15) is 24.7 Å². The van der Waals surface area contributed by atoms with Gasteiger partial charge in [0.25, 0.3) is 0 Å². The Hall–Kier alpha value is -3.93. The Morgan fingerprint density at radius 3 is 1.27 bits per heavy atom. The van der Waals surface area contributed by atoms with Crippen LogP contribution in [0.3, 0.4) is 0 Å². The highest BCUT2D eigenvalue weighted by Crippen LogP contribution is 2.15. The molecule has 20 heteroatoms. The molecule has 0 saturated heterocycles. The van der Waals surface area contributed by atoms with E-state index in [4.69, 9.17) is 19.7 Å². The maximum Gasteiger partial charge on any atom is 0.326 e. The van der Waals surface area contributed by atoms with E-state index in [0.717, 1.165) is 38.5 Å². The van der Waals surface area contributed by atoms with Crippen LogP contribution in [0.4, 0.5) is 0 Å². The summed E-state index contributed by atoms with van der Waals surface area (Å²) in [6.45, 7) is 0.197. The molecule has 0 bridgehead atoms. The van der Waals surface area contributed by atoms with Crippen LogP contribution in [0.1, 0.15) is 161 Å². The number of unbranched alkanes of at least 4 members (excludes halogenated alkanes) is 16. The Kier molecular flexibility index (Phi) is 37.4. The number of aliphatic carboxylic acids is 4. The van der Waals surface area contributed by atoms with E-state index in [0.29, 0.717) is 32.2 Å². The van der Waals surface area contributed by atoms with Gasteiger partial charge in [0.05, 0.1) is 19.8 Å². The molecule has 0 aromatic carbocycles. The average Bonchev–Trinajstić information content (AvgIpc) is 3.22. The highest BCUT2D eigenvalue weighted by molar-refractivity contribution is 7.13. The topological polar surface area (TPSA) is 296 Å². The molecule has 0 heterocycles. The fourth-order valence-electron chi connectivity index (χ4n) is 6.41. The van der Waals surface area contributed by atoms with Gasteiger partial charge in [-0.15, -0.1) is 0 Å². The van der Waals surface area contributed by atoms with Gasteiger partial charge in [0.15, 0.2) is 0 Å². The first-order valence-electron chi connectivity index (χ1n) is 22.4. The number of carboxylic acids is 4. The van der Waals surface area contributed by atoms with Crippen molar-refractivity contribution in [3.63, 3.8) is 0 Å². The lowest BCUT2D eigenvalue weighted by Gasteiger charge is -2.15. The zero-order chi connectivity index (χ0) is 46.2. The fourth-order valence-corrected chi connectivity index (χ4v) is 6.72. The van der Waals surface area contributed by atoms with Crippen molar-refractivity contribution in [2.24, 2.45) is 0 Å². The lowest BCUT2D eigenvalue weighted by molar-refractivity contribution is -0.143. The van der Waals surface area contributed by atoms with Crippen LogP contribution in [-0.2, 0) is 47.8 Å². The molecular weight excluding hydrogens is 829 g/mol. The van der Waals surface area contributed by atoms with Crippen LogP contribution in [0.5, 0.6) is 0 Å². The molecule has 19 nitrogen and oxygen atoms in total. The molecule has 0 rings (SSSR count). The van der Waals surface area contributed by atoms with Crippen LogP contribution < -0.4 is 26.4 Å². The molecule has 0 aliphatic carbocycles.